The minimum atomic E-state index is -0.445. The molecular formula is C24H24ClNO3S. The first-order valence-electron chi connectivity index (χ1n) is 10.2. The number of halogens is 1. The van der Waals surface area contributed by atoms with Gasteiger partial charge in [-0.25, -0.2) is 4.79 Å². The lowest BCUT2D eigenvalue weighted by Gasteiger charge is -2.36. The van der Waals surface area contributed by atoms with Crippen molar-refractivity contribution in [3.63, 3.8) is 0 Å². The van der Waals surface area contributed by atoms with Crippen LogP contribution in [-0.4, -0.2) is 18.4 Å². The monoisotopic (exact) mass is 441 g/mol. The number of esters is 1. The lowest BCUT2D eigenvalue weighted by Crippen LogP contribution is -2.36. The number of Topliss-reactive ketones (excluding diaryl/α,β-unsaturated/α-hetero) is 1. The number of nitrogens with one attached hydrogen (secondary N) is 1. The number of hydrogen-bond donors (Lipinski definition) is 1. The fraction of sp³-hybridized carbons (Fsp3) is 0.333. The molecular weight excluding hydrogens is 418 g/mol. The average Bonchev–Trinajstić information content (AvgIpc) is 3.26. The minimum absolute atomic E-state index is 0.0791. The van der Waals surface area contributed by atoms with Gasteiger partial charge in [0, 0.05) is 45.1 Å². The van der Waals surface area contributed by atoms with Crippen molar-refractivity contribution in [2.45, 2.75) is 44.9 Å². The molecule has 0 saturated carbocycles. The van der Waals surface area contributed by atoms with Gasteiger partial charge in [0.25, 0.3) is 0 Å². The first-order valence-corrected chi connectivity index (χ1v) is 11.4. The van der Waals surface area contributed by atoms with Crippen LogP contribution in [0.2, 0.25) is 5.02 Å². The summed E-state index contributed by atoms with van der Waals surface area (Å²) in [5.74, 6) is -0.576. The molecule has 0 saturated heterocycles. The van der Waals surface area contributed by atoms with E-state index in [0.717, 1.165) is 29.8 Å². The molecule has 1 aromatic heterocycles. The van der Waals surface area contributed by atoms with Crippen LogP contribution >= 0.6 is 22.9 Å². The molecule has 2 aliphatic rings. The number of hydrogen-bond acceptors (Lipinski definition) is 5. The molecule has 6 heteroatoms. The van der Waals surface area contributed by atoms with Crippen molar-refractivity contribution in [3.05, 3.63) is 79.8 Å². The predicted octanol–water partition coefficient (Wildman–Crippen LogP) is 5.72. The largest absolute Gasteiger partial charge is 0.462 e. The van der Waals surface area contributed by atoms with E-state index in [4.69, 9.17) is 16.3 Å². The van der Waals surface area contributed by atoms with Gasteiger partial charge in [-0.2, -0.15) is 0 Å². The summed E-state index contributed by atoms with van der Waals surface area (Å²) in [4.78, 5) is 27.6. The molecule has 1 aliphatic carbocycles. The summed E-state index contributed by atoms with van der Waals surface area (Å²) in [7, 11) is 0. The first-order chi connectivity index (χ1) is 14.5. The number of dihydropyridines is 1. The summed E-state index contributed by atoms with van der Waals surface area (Å²) in [6.07, 6.45) is 1.94. The fourth-order valence-electron chi connectivity index (χ4n) is 4.30. The van der Waals surface area contributed by atoms with Crippen LogP contribution in [0.1, 0.15) is 55.4 Å². The van der Waals surface area contributed by atoms with E-state index in [1.54, 1.807) is 23.5 Å². The molecule has 2 aromatic rings. The zero-order chi connectivity index (χ0) is 21.3. The number of benzene rings is 1. The molecule has 30 heavy (non-hydrogen) atoms. The van der Waals surface area contributed by atoms with Gasteiger partial charge in [0.15, 0.2) is 5.78 Å². The molecule has 2 heterocycles. The van der Waals surface area contributed by atoms with E-state index in [0.29, 0.717) is 29.2 Å². The van der Waals surface area contributed by atoms with Crippen LogP contribution in [-0.2, 0) is 14.3 Å². The molecule has 4 nitrogen and oxygen atoms in total. The molecule has 0 radical (unpaired) electrons. The minimum Gasteiger partial charge on any atom is -0.462 e. The van der Waals surface area contributed by atoms with Crippen molar-refractivity contribution < 1.29 is 14.3 Å². The Morgan fingerprint density at radius 1 is 1.23 bits per heavy atom. The SMILES string of the molecule is CCCOC(=O)C1=C(C)NC2=C(C(=O)C[C@@H](c3cccs3)C2)[C@@H]1c1ccc(Cl)cc1. The second-order valence-electron chi connectivity index (χ2n) is 7.72. The third-order valence-corrected chi connectivity index (χ3v) is 6.92. The van der Waals surface area contributed by atoms with Gasteiger partial charge in [0.2, 0.25) is 0 Å². The molecule has 0 unspecified atom stereocenters. The van der Waals surface area contributed by atoms with Crippen molar-refractivity contribution in [3.8, 4) is 0 Å². The highest BCUT2D eigenvalue weighted by atomic mass is 35.5. The summed E-state index contributed by atoms with van der Waals surface area (Å²) < 4.78 is 5.48. The third kappa shape index (κ3) is 3.96. The first kappa shape index (κ1) is 20.9. The normalized spacial score (nSPS) is 21.4. The van der Waals surface area contributed by atoms with Crippen molar-refractivity contribution in [1.82, 2.24) is 5.32 Å². The second kappa shape index (κ2) is 8.78. The van der Waals surface area contributed by atoms with Gasteiger partial charge in [0.1, 0.15) is 0 Å². The standard InChI is InChI=1S/C24H24ClNO3S/c1-3-10-29-24(28)21-14(2)26-18-12-16(20-5-4-11-30-20)13-19(27)23(18)22(21)15-6-8-17(25)9-7-15/h4-9,11,16,22,26H,3,10,12-13H2,1-2H3/t16-,22+/m0/s1. The highest BCUT2D eigenvalue weighted by Gasteiger charge is 2.41. The molecule has 1 aromatic carbocycles. The Morgan fingerprint density at radius 2 is 2.00 bits per heavy atom. The molecule has 0 bridgehead atoms. The van der Waals surface area contributed by atoms with Crippen LogP contribution in [0.3, 0.4) is 0 Å². The Labute approximate surface area is 185 Å². The summed E-state index contributed by atoms with van der Waals surface area (Å²) in [6.45, 7) is 4.19. The lowest BCUT2D eigenvalue weighted by molar-refractivity contribution is -0.139. The molecule has 1 aliphatic heterocycles. The Hall–Kier alpha value is -2.37. The van der Waals surface area contributed by atoms with Gasteiger partial charge in [0.05, 0.1) is 12.2 Å². The van der Waals surface area contributed by atoms with Gasteiger partial charge in [-0.3, -0.25) is 4.79 Å². The molecule has 1 N–H and O–H groups in total. The van der Waals surface area contributed by atoms with E-state index < -0.39 is 5.92 Å². The van der Waals surface area contributed by atoms with E-state index in [1.165, 1.54) is 4.88 Å². The highest BCUT2D eigenvalue weighted by molar-refractivity contribution is 7.10. The Bertz CT molecular complexity index is 1020. The van der Waals surface area contributed by atoms with Crippen molar-refractivity contribution >= 4 is 34.7 Å². The Kier molecular flexibility index (Phi) is 6.11. The Morgan fingerprint density at radius 3 is 2.67 bits per heavy atom. The van der Waals surface area contributed by atoms with E-state index in [2.05, 4.69) is 11.4 Å². The molecule has 0 spiro atoms. The van der Waals surface area contributed by atoms with Crippen LogP contribution in [0.15, 0.2) is 64.3 Å². The lowest BCUT2D eigenvalue weighted by atomic mass is 9.72. The van der Waals surface area contributed by atoms with Crippen LogP contribution < -0.4 is 5.32 Å². The maximum absolute atomic E-state index is 13.4. The number of carbonyl (C=O) groups is 2. The topological polar surface area (TPSA) is 55.4 Å². The van der Waals surface area contributed by atoms with Crippen molar-refractivity contribution in [1.29, 1.82) is 0 Å². The maximum Gasteiger partial charge on any atom is 0.336 e. The zero-order valence-corrected chi connectivity index (χ0v) is 18.6. The highest BCUT2D eigenvalue weighted by Crippen LogP contribution is 2.46. The smallest absolute Gasteiger partial charge is 0.336 e. The average molecular weight is 442 g/mol. The fourth-order valence-corrected chi connectivity index (χ4v) is 5.25. The maximum atomic E-state index is 13.4. The molecule has 4 rings (SSSR count). The molecule has 0 amide bonds. The number of ether oxygens (including phenoxy) is 1. The number of ketones is 1. The second-order valence-corrected chi connectivity index (χ2v) is 9.14. The van der Waals surface area contributed by atoms with Gasteiger partial charge in [-0.05, 0) is 48.9 Å². The number of allylic oxidation sites excluding steroid dienone is 3. The number of thiophene rings is 1. The summed E-state index contributed by atoms with van der Waals surface area (Å²) in [5.41, 5.74) is 3.72. The van der Waals surface area contributed by atoms with Crippen molar-refractivity contribution in [2.75, 3.05) is 6.61 Å². The molecule has 2 atom stereocenters. The molecule has 156 valence electrons. The van der Waals surface area contributed by atoms with E-state index >= 15 is 0 Å². The van der Waals surface area contributed by atoms with Gasteiger partial charge in [-0.1, -0.05) is 36.7 Å². The van der Waals surface area contributed by atoms with Crippen molar-refractivity contribution in [2.24, 2.45) is 0 Å². The number of carbonyl (C=O) groups excluding carboxylic acids is 2. The van der Waals surface area contributed by atoms with Gasteiger partial charge in [-0.15, -0.1) is 11.3 Å². The van der Waals surface area contributed by atoms with Crippen LogP contribution in [0.4, 0.5) is 0 Å². The number of rotatable bonds is 5. The van der Waals surface area contributed by atoms with E-state index in [1.807, 2.05) is 37.4 Å². The Balaban J connectivity index is 1.78. The van der Waals surface area contributed by atoms with Gasteiger partial charge >= 0.3 is 5.97 Å². The quantitative estimate of drug-likeness (QED) is 0.603. The van der Waals surface area contributed by atoms with E-state index in [9.17, 15) is 9.59 Å². The predicted molar refractivity (Wildman–Crippen MR) is 120 cm³/mol. The summed E-state index contributed by atoms with van der Waals surface area (Å²) in [6, 6.07) is 11.5. The summed E-state index contributed by atoms with van der Waals surface area (Å²) >= 11 is 7.78. The third-order valence-electron chi connectivity index (χ3n) is 5.63. The zero-order valence-electron chi connectivity index (χ0n) is 17.0. The summed E-state index contributed by atoms with van der Waals surface area (Å²) in [5, 5.41) is 6.03. The van der Waals surface area contributed by atoms with Gasteiger partial charge < -0.3 is 10.1 Å². The van der Waals surface area contributed by atoms with E-state index in [-0.39, 0.29) is 17.7 Å². The van der Waals surface area contributed by atoms with Crippen LogP contribution in [0.5, 0.6) is 0 Å². The molecule has 0 fully saturated rings. The van der Waals surface area contributed by atoms with Crippen LogP contribution in [0.25, 0.3) is 0 Å². The van der Waals surface area contributed by atoms with Crippen LogP contribution in [0, 0.1) is 0 Å².